The zero-order chi connectivity index (χ0) is 34.0. The molecule has 0 bridgehead atoms. The van der Waals surface area contributed by atoms with Crippen molar-refractivity contribution in [3.63, 3.8) is 0 Å². The third-order valence-electron chi connectivity index (χ3n) is 6.85. The highest BCUT2D eigenvalue weighted by atomic mass is 32.2. The Morgan fingerprint density at radius 1 is 0.935 bits per heavy atom. The molecule has 0 aliphatic carbocycles. The molecular weight excluding hydrogens is 647 g/mol. The van der Waals surface area contributed by atoms with Gasteiger partial charge in [0, 0.05) is 41.7 Å². The molecule has 8 nitrogen and oxygen atoms in total. The van der Waals surface area contributed by atoms with Gasteiger partial charge < -0.3 is 15.1 Å². The van der Waals surface area contributed by atoms with Crippen LogP contribution in [0.15, 0.2) is 65.1 Å². The van der Waals surface area contributed by atoms with Crippen molar-refractivity contribution in [1.82, 2.24) is 10.6 Å². The Bertz CT molecular complexity index is 1870. The van der Waals surface area contributed by atoms with Gasteiger partial charge in [-0.05, 0) is 54.4 Å². The summed E-state index contributed by atoms with van der Waals surface area (Å²) in [5.41, 5.74) is 0.0150. The number of nitrogens with one attached hydrogen (secondary N) is 2. The van der Waals surface area contributed by atoms with Crippen molar-refractivity contribution in [3.8, 4) is 22.5 Å². The van der Waals surface area contributed by atoms with Gasteiger partial charge in [0.25, 0.3) is 11.8 Å². The molecule has 3 aromatic carbocycles. The molecule has 2 N–H and O–H groups in total. The number of anilines is 1. The fourth-order valence-electron chi connectivity index (χ4n) is 4.61. The number of sulfonamides is 1. The lowest BCUT2D eigenvalue weighted by Crippen LogP contribution is -2.46. The number of benzene rings is 3. The van der Waals surface area contributed by atoms with Crippen LogP contribution < -0.4 is 14.9 Å². The van der Waals surface area contributed by atoms with Crippen LogP contribution in [0.2, 0.25) is 0 Å². The minimum atomic E-state index is -5.90. The van der Waals surface area contributed by atoms with E-state index in [1.54, 1.807) is 5.32 Å². The highest BCUT2D eigenvalue weighted by Crippen LogP contribution is 2.42. The predicted molar refractivity (Wildman–Crippen MR) is 157 cm³/mol. The summed E-state index contributed by atoms with van der Waals surface area (Å²) in [7, 11) is -2.76. The molecule has 4 rings (SSSR count). The van der Waals surface area contributed by atoms with E-state index in [4.69, 9.17) is 4.42 Å². The van der Waals surface area contributed by atoms with Crippen molar-refractivity contribution in [2.24, 2.45) is 0 Å². The SMILES string of the molecule is CNC(=O)c1c(-c2ccc(F)cc2)oc2cc(N(CCCF)S(C)(=O)=O)c(-c3cccc(C(=O)NCC(F)(F)C(F)(F)F)c3)cc12. The number of hydrogen-bond donors (Lipinski definition) is 2. The van der Waals surface area contributed by atoms with Gasteiger partial charge >= 0.3 is 12.1 Å². The van der Waals surface area contributed by atoms with E-state index in [9.17, 15) is 48.7 Å². The van der Waals surface area contributed by atoms with Crippen LogP contribution in [-0.2, 0) is 10.0 Å². The minimum absolute atomic E-state index is 0.00540. The van der Waals surface area contributed by atoms with Crippen molar-refractivity contribution in [2.75, 3.05) is 37.4 Å². The molecule has 46 heavy (non-hydrogen) atoms. The topological polar surface area (TPSA) is 109 Å². The maximum atomic E-state index is 13.7. The maximum absolute atomic E-state index is 13.7. The largest absolute Gasteiger partial charge is 0.455 e. The molecule has 0 saturated carbocycles. The second kappa shape index (κ2) is 13.0. The summed E-state index contributed by atoms with van der Waals surface area (Å²) in [6.45, 7) is -3.25. The highest BCUT2D eigenvalue weighted by Gasteiger charge is 2.57. The van der Waals surface area contributed by atoms with E-state index in [2.05, 4.69) is 5.32 Å². The first kappa shape index (κ1) is 34.3. The first-order valence-corrected chi connectivity index (χ1v) is 15.3. The number of fused-ring (bicyclic) bond motifs is 1. The Hall–Kier alpha value is -4.60. The molecule has 2 amide bonds. The van der Waals surface area contributed by atoms with Crippen molar-refractivity contribution in [2.45, 2.75) is 18.5 Å². The van der Waals surface area contributed by atoms with E-state index >= 15 is 0 Å². The Balaban J connectivity index is 1.95. The van der Waals surface area contributed by atoms with Crippen LogP contribution in [0, 0.1) is 5.82 Å². The summed E-state index contributed by atoms with van der Waals surface area (Å²) < 4.78 is 124. The van der Waals surface area contributed by atoms with E-state index in [0.717, 1.165) is 34.8 Å². The molecular formula is C30H26F7N3O5S. The van der Waals surface area contributed by atoms with Crippen molar-refractivity contribution >= 4 is 38.5 Å². The zero-order valence-electron chi connectivity index (χ0n) is 24.1. The maximum Gasteiger partial charge on any atom is 0.455 e. The van der Waals surface area contributed by atoms with Crippen LogP contribution >= 0.6 is 0 Å². The van der Waals surface area contributed by atoms with Gasteiger partial charge in [-0.3, -0.25) is 18.3 Å². The number of furan rings is 1. The van der Waals surface area contributed by atoms with Crippen molar-refractivity contribution in [1.29, 1.82) is 0 Å². The second-order valence-electron chi connectivity index (χ2n) is 10.1. The first-order valence-electron chi connectivity index (χ1n) is 13.4. The zero-order valence-corrected chi connectivity index (χ0v) is 25.0. The molecule has 4 aromatic rings. The smallest absolute Gasteiger partial charge is 0.455 e. The lowest BCUT2D eigenvalue weighted by Gasteiger charge is -2.25. The monoisotopic (exact) mass is 673 g/mol. The first-order chi connectivity index (χ1) is 21.5. The fraction of sp³-hybridized carbons (Fsp3) is 0.267. The number of hydrogen-bond acceptors (Lipinski definition) is 5. The molecule has 0 radical (unpaired) electrons. The molecule has 1 heterocycles. The number of carbonyl (C=O) groups excluding carboxylic acids is 2. The van der Waals surface area contributed by atoms with Crippen LogP contribution in [0.5, 0.6) is 0 Å². The van der Waals surface area contributed by atoms with Gasteiger partial charge in [0.05, 0.1) is 30.7 Å². The predicted octanol–water partition coefficient (Wildman–Crippen LogP) is 6.32. The normalized spacial score (nSPS) is 12.3. The third kappa shape index (κ3) is 7.11. The van der Waals surface area contributed by atoms with E-state index in [1.165, 1.54) is 43.4 Å². The number of carbonyl (C=O) groups is 2. The summed E-state index contributed by atoms with van der Waals surface area (Å²) in [5, 5.41) is 4.17. The number of halogens is 7. The molecule has 0 atom stereocenters. The number of nitrogens with zero attached hydrogens (tertiary/aromatic N) is 1. The summed E-state index contributed by atoms with van der Waals surface area (Å²) in [5.74, 6) is -7.67. The summed E-state index contributed by atoms with van der Waals surface area (Å²) in [6, 6.07) is 12.6. The van der Waals surface area contributed by atoms with Gasteiger partial charge in [0.15, 0.2) is 0 Å². The lowest BCUT2D eigenvalue weighted by atomic mass is 9.97. The standard InChI is InChI=1S/C30H26F7N3O5S/c1-38-28(42)25-22-14-21(18-5-3-6-19(13-18)27(41)39-16-29(33,34)30(35,36)37)23(40(12-4-11-31)46(2,43)44)15-24(22)45-26(25)17-7-9-20(32)10-8-17/h3,5-10,13-15H,4,11-12,16H2,1-2H3,(H,38,42)(H,39,41). The number of rotatable bonds is 11. The molecule has 0 fully saturated rings. The van der Waals surface area contributed by atoms with Crippen LogP contribution in [0.3, 0.4) is 0 Å². The molecule has 0 saturated heterocycles. The second-order valence-corrected chi connectivity index (χ2v) is 12.0. The van der Waals surface area contributed by atoms with Gasteiger partial charge in [0.2, 0.25) is 10.0 Å². The van der Waals surface area contributed by atoms with Gasteiger partial charge in [0.1, 0.15) is 17.2 Å². The molecule has 0 spiro atoms. The minimum Gasteiger partial charge on any atom is -0.455 e. The van der Waals surface area contributed by atoms with Crippen LogP contribution in [0.1, 0.15) is 27.1 Å². The number of alkyl halides is 6. The molecule has 16 heteroatoms. The summed E-state index contributed by atoms with van der Waals surface area (Å²) in [6.07, 6.45) is -5.25. The highest BCUT2D eigenvalue weighted by molar-refractivity contribution is 7.92. The van der Waals surface area contributed by atoms with Gasteiger partial charge in [-0.15, -0.1) is 0 Å². The Morgan fingerprint density at radius 3 is 2.20 bits per heavy atom. The van der Waals surface area contributed by atoms with Crippen LogP contribution in [0.25, 0.3) is 33.4 Å². The Morgan fingerprint density at radius 2 is 1.61 bits per heavy atom. The quantitative estimate of drug-likeness (QED) is 0.181. The average Bonchev–Trinajstić information content (AvgIpc) is 3.37. The van der Waals surface area contributed by atoms with Crippen molar-refractivity contribution < 1.29 is 53.2 Å². The molecule has 246 valence electrons. The van der Waals surface area contributed by atoms with Crippen molar-refractivity contribution in [3.05, 3.63) is 77.6 Å². The average molecular weight is 674 g/mol. The van der Waals surface area contributed by atoms with Gasteiger partial charge in [-0.25, -0.2) is 12.8 Å². The van der Waals surface area contributed by atoms with E-state index in [-0.39, 0.29) is 57.6 Å². The van der Waals surface area contributed by atoms with E-state index in [0.29, 0.717) is 5.56 Å². The fourth-order valence-corrected chi connectivity index (χ4v) is 5.58. The molecule has 0 unspecified atom stereocenters. The van der Waals surface area contributed by atoms with Crippen LogP contribution in [-0.4, -0.2) is 65.4 Å². The Kier molecular flexibility index (Phi) is 9.70. The Labute approximate surface area is 258 Å². The summed E-state index contributed by atoms with van der Waals surface area (Å²) in [4.78, 5) is 25.7. The lowest BCUT2D eigenvalue weighted by molar-refractivity contribution is -0.278. The van der Waals surface area contributed by atoms with E-state index < -0.39 is 53.0 Å². The third-order valence-corrected chi connectivity index (χ3v) is 8.03. The van der Waals surface area contributed by atoms with Gasteiger partial charge in [-0.1, -0.05) is 12.1 Å². The number of amides is 2. The summed E-state index contributed by atoms with van der Waals surface area (Å²) >= 11 is 0. The molecule has 0 aliphatic heterocycles. The van der Waals surface area contributed by atoms with E-state index in [1.807, 2.05) is 0 Å². The molecule has 1 aromatic heterocycles. The van der Waals surface area contributed by atoms with Crippen LogP contribution in [0.4, 0.5) is 36.4 Å². The van der Waals surface area contributed by atoms with Gasteiger partial charge in [-0.2, -0.15) is 22.0 Å². The molecule has 0 aliphatic rings.